The molecule has 18 heavy (non-hydrogen) atoms. The largest absolute Gasteiger partial charge is 0.475 e. The molecule has 0 amide bonds. The summed E-state index contributed by atoms with van der Waals surface area (Å²) in [6, 6.07) is 4.25. The highest BCUT2D eigenvalue weighted by atomic mass is 16.5. The van der Waals surface area contributed by atoms with Gasteiger partial charge in [-0.3, -0.25) is 0 Å². The Kier molecular flexibility index (Phi) is 6.68. The van der Waals surface area contributed by atoms with Gasteiger partial charge in [0.05, 0.1) is 6.61 Å². The normalized spacial score (nSPS) is 12.7. The highest BCUT2D eigenvalue weighted by molar-refractivity contribution is 5.23. The van der Waals surface area contributed by atoms with E-state index < -0.39 is 0 Å². The van der Waals surface area contributed by atoms with Gasteiger partial charge in [0.25, 0.3) is 0 Å². The molecule has 0 saturated carbocycles. The van der Waals surface area contributed by atoms with E-state index in [2.05, 4.69) is 31.1 Å². The molecular formula is C14H24N2O2. The van der Waals surface area contributed by atoms with Gasteiger partial charge in [0.1, 0.15) is 6.61 Å². The molecular weight excluding hydrogens is 228 g/mol. The van der Waals surface area contributed by atoms with Gasteiger partial charge in [-0.25, -0.2) is 4.98 Å². The van der Waals surface area contributed by atoms with Crippen LogP contribution in [0.2, 0.25) is 0 Å². The molecule has 1 N–H and O–H groups in total. The fraction of sp³-hybridized carbons (Fsp3) is 0.643. The Morgan fingerprint density at radius 2 is 2.06 bits per heavy atom. The Bertz CT molecular complexity index is 342. The van der Waals surface area contributed by atoms with Crippen LogP contribution in [0.3, 0.4) is 0 Å². The van der Waals surface area contributed by atoms with Crippen molar-refractivity contribution in [2.45, 2.75) is 26.8 Å². The predicted octanol–water partition coefficient (Wildman–Crippen LogP) is 2.41. The van der Waals surface area contributed by atoms with Gasteiger partial charge in [-0.05, 0) is 31.5 Å². The lowest BCUT2D eigenvalue weighted by atomic mass is 10.1. The van der Waals surface area contributed by atoms with E-state index in [1.807, 2.05) is 19.2 Å². The summed E-state index contributed by atoms with van der Waals surface area (Å²) in [6.45, 7) is 8.28. The lowest BCUT2D eigenvalue weighted by Crippen LogP contribution is -2.13. The van der Waals surface area contributed by atoms with Crippen LogP contribution in [0, 0.1) is 5.92 Å². The highest BCUT2D eigenvalue weighted by Gasteiger charge is 2.04. The molecule has 1 heterocycles. The first-order chi connectivity index (χ1) is 8.63. The first-order valence-electron chi connectivity index (χ1n) is 6.47. The van der Waals surface area contributed by atoms with Crippen LogP contribution in [-0.4, -0.2) is 31.9 Å². The first-order valence-corrected chi connectivity index (χ1v) is 6.47. The zero-order chi connectivity index (χ0) is 13.4. The van der Waals surface area contributed by atoms with Crippen LogP contribution in [0.4, 0.5) is 0 Å². The number of pyridine rings is 1. The molecule has 1 aromatic rings. The monoisotopic (exact) mass is 252 g/mol. The molecule has 0 aliphatic carbocycles. The molecule has 1 atom stereocenters. The number of ether oxygens (including phenoxy) is 2. The van der Waals surface area contributed by atoms with E-state index in [1.54, 1.807) is 6.20 Å². The van der Waals surface area contributed by atoms with Crippen LogP contribution in [0.15, 0.2) is 18.3 Å². The van der Waals surface area contributed by atoms with Gasteiger partial charge in [-0.15, -0.1) is 0 Å². The fourth-order valence-corrected chi connectivity index (χ4v) is 1.46. The third-order valence-electron chi connectivity index (χ3n) is 2.62. The van der Waals surface area contributed by atoms with Gasteiger partial charge in [0.2, 0.25) is 5.88 Å². The Morgan fingerprint density at radius 1 is 1.28 bits per heavy atom. The van der Waals surface area contributed by atoms with Crippen molar-refractivity contribution in [3.63, 3.8) is 0 Å². The molecule has 4 heteroatoms. The second-order valence-corrected chi connectivity index (χ2v) is 4.75. The summed E-state index contributed by atoms with van der Waals surface area (Å²) < 4.78 is 11.0. The van der Waals surface area contributed by atoms with Crippen molar-refractivity contribution >= 4 is 0 Å². The SMILES string of the molecule is CNC(C)c1ccnc(OCCOCC(C)C)c1. The second-order valence-electron chi connectivity index (χ2n) is 4.75. The van der Waals surface area contributed by atoms with E-state index in [0.29, 0.717) is 31.1 Å². The molecule has 4 nitrogen and oxygen atoms in total. The number of nitrogens with zero attached hydrogens (tertiary/aromatic N) is 1. The third-order valence-corrected chi connectivity index (χ3v) is 2.62. The highest BCUT2D eigenvalue weighted by Crippen LogP contribution is 2.15. The van der Waals surface area contributed by atoms with Gasteiger partial charge in [0, 0.05) is 24.9 Å². The molecule has 1 unspecified atom stereocenters. The van der Waals surface area contributed by atoms with Gasteiger partial charge < -0.3 is 14.8 Å². The number of nitrogens with one attached hydrogen (secondary N) is 1. The topological polar surface area (TPSA) is 43.4 Å². The summed E-state index contributed by atoms with van der Waals surface area (Å²) in [6.07, 6.45) is 1.77. The summed E-state index contributed by atoms with van der Waals surface area (Å²) in [5, 5.41) is 3.19. The maximum Gasteiger partial charge on any atom is 0.213 e. The van der Waals surface area contributed by atoms with Crippen molar-refractivity contribution < 1.29 is 9.47 Å². The summed E-state index contributed by atoms with van der Waals surface area (Å²) in [5.41, 5.74) is 1.17. The number of hydrogen-bond donors (Lipinski definition) is 1. The quantitative estimate of drug-likeness (QED) is 0.722. The predicted molar refractivity (Wildman–Crippen MR) is 72.9 cm³/mol. The molecule has 0 aliphatic heterocycles. The smallest absolute Gasteiger partial charge is 0.213 e. The molecule has 1 rings (SSSR count). The lowest BCUT2D eigenvalue weighted by Gasteiger charge is -2.12. The first kappa shape index (κ1) is 14.9. The fourth-order valence-electron chi connectivity index (χ4n) is 1.46. The molecule has 0 radical (unpaired) electrons. The average Bonchev–Trinajstić information content (AvgIpc) is 2.37. The van der Waals surface area contributed by atoms with Crippen molar-refractivity contribution in [2.24, 2.45) is 5.92 Å². The Morgan fingerprint density at radius 3 is 2.72 bits per heavy atom. The van der Waals surface area contributed by atoms with E-state index in [1.165, 1.54) is 5.56 Å². The van der Waals surface area contributed by atoms with E-state index in [0.717, 1.165) is 6.61 Å². The summed E-state index contributed by atoms with van der Waals surface area (Å²) in [5.74, 6) is 1.21. The van der Waals surface area contributed by atoms with Crippen molar-refractivity contribution in [3.8, 4) is 5.88 Å². The lowest BCUT2D eigenvalue weighted by molar-refractivity contribution is 0.0806. The standard InChI is InChI=1S/C14H24N2O2/c1-11(2)10-17-7-8-18-14-9-13(5-6-16-14)12(3)15-4/h5-6,9,11-12,15H,7-8,10H2,1-4H3. The van der Waals surface area contributed by atoms with Crippen molar-refractivity contribution in [2.75, 3.05) is 26.9 Å². The minimum absolute atomic E-state index is 0.299. The third kappa shape index (κ3) is 5.47. The van der Waals surface area contributed by atoms with E-state index >= 15 is 0 Å². The van der Waals surface area contributed by atoms with Gasteiger partial charge >= 0.3 is 0 Å². The molecule has 0 fully saturated rings. The molecule has 0 aliphatic rings. The maximum atomic E-state index is 5.56. The van der Waals surface area contributed by atoms with Crippen LogP contribution < -0.4 is 10.1 Å². The van der Waals surface area contributed by atoms with Crippen LogP contribution in [0.25, 0.3) is 0 Å². The molecule has 1 aromatic heterocycles. The second kappa shape index (κ2) is 8.06. The Labute approximate surface area is 110 Å². The van der Waals surface area contributed by atoms with Gasteiger partial charge in [-0.1, -0.05) is 13.8 Å². The zero-order valence-corrected chi connectivity index (χ0v) is 11.8. The maximum absolute atomic E-state index is 5.56. The summed E-state index contributed by atoms with van der Waals surface area (Å²) in [7, 11) is 1.94. The van der Waals surface area contributed by atoms with E-state index in [4.69, 9.17) is 9.47 Å². The van der Waals surface area contributed by atoms with Crippen molar-refractivity contribution in [1.82, 2.24) is 10.3 Å². The number of rotatable bonds is 8. The van der Waals surface area contributed by atoms with Crippen molar-refractivity contribution in [3.05, 3.63) is 23.9 Å². The van der Waals surface area contributed by atoms with Gasteiger partial charge in [-0.2, -0.15) is 0 Å². The molecule has 0 bridgehead atoms. The Balaban J connectivity index is 2.34. The van der Waals surface area contributed by atoms with Crippen LogP contribution in [-0.2, 0) is 4.74 Å². The van der Waals surface area contributed by atoms with Crippen LogP contribution in [0.1, 0.15) is 32.4 Å². The summed E-state index contributed by atoms with van der Waals surface area (Å²) >= 11 is 0. The zero-order valence-electron chi connectivity index (χ0n) is 11.8. The Hall–Kier alpha value is -1.13. The van der Waals surface area contributed by atoms with E-state index in [-0.39, 0.29) is 0 Å². The van der Waals surface area contributed by atoms with Crippen LogP contribution >= 0.6 is 0 Å². The molecule has 102 valence electrons. The van der Waals surface area contributed by atoms with Crippen LogP contribution in [0.5, 0.6) is 5.88 Å². The van der Waals surface area contributed by atoms with Crippen molar-refractivity contribution in [1.29, 1.82) is 0 Å². The number of hydrogen-bond acceptors (Lipinski definition) is 4. The number of aromatic nitrogens is 1. The minimum Gasteiger partial charge on any atom is -0.475 e. The summed E-state index contributed by atoms with van der Waals surface area (Å²) in [4.78, 5) is 4.18. The van der Waals surface area contributed by atoms with E-state index in [9.17, 15) is 0 Å². The molecule has 0 spiro atoms. The molecule has 0 aromatic carbocycles. The average molecular weight is 252 g/mol. The van der Waals surface area contributed by atoms with Gasteiger partial charge in [0.15, 0.2) is 0 Å². The minimum atomic E-state index is 0.299. The molecule has 0 saturated heterocycles.